The fourth-order valence-electron chi connectivity index (χ4n) is 2.72. The van der Waals surface area contributed by atoms with Crippen LogP contribution in [0, 0.1) is 17.0 Å². The molecule has 2 heterocycles. The zero-order valence-corrected chi connectivity index (χ0v) is 12.2. The van der Waals surface area contributed by atoms with Crippen molar-refractivity contribution in [1.82, 2.24) is 14.9 Å². The molecule has 22 heavy (non-hydrogen) atoms. The number of aryl methyl sites for hydroxylation is 1. The van der Waals surface area contributed by atoms with Crippen molar-refractivity contribution in [3.8, 4) is 0 Å². The van der Waals surface area contributed by atoms with Crippen LogP contribution in [0.15, 0.2) is 29.1 Å². The molecule has 2 aromatic rings. The number of nitrogens with one attached hydrogen (secondary N) is 1. The summed E-state index contributed by atoms with van der Waals surface area (Å²) in [7, 11) is 0. The molecular weight excluding hydrogens is 284 g/mol. The molecule has 0 spiro atoms. The van der Waals surface area contributed by atoms with Gasteiger partial charge in [0.05, 0.1) is 16.2 Å². The summed E-state index contributed by atoms with van der Waals surface area (Å²) >= 11 is 0. The minimum Gasteiger partial charge on any atom is -0.310 e. The quantitative estimate of drug-likeness (QED) is 0.685. The Labute approximate surface area is 126 Å². The van der Waals surface area contributed by atoms with Crippen LogP contribution in [-0.4, -0.2) is 26.3 Å². The average Bonchev–Trinajstić information content (AvgIpc) is 2.48. The summed E-state index contributed by atoms with van der Waals surface area (Å²) in [5.74, 6) is 0.646. The predicted molar refractivity (Wildman–Crippen MR) is 80.5 cm³/mol. The van der Waals surface area contributed by atoms with Gasteiger partial charge in [-0.25, -0.2) is 4.98 Å². The van der Waals surface area contributed by atoms with E-state index in [2.05, 4.69) is 14.9 Å². The maximum absolute atomic E-state index is 12.0. The molecule has 0 radical (unpaired) electrons. The zero-order chi connectivity index (χ0) is 15.7. The second kappa shape index (κ2) is 5.69. The lowest BCUT2D eigenvalue weighted by atomic mass is 10.1. The Bertz CT molecular complexity index is 767. The van der Waals surface area contributed by atoms with Gasteiger partial charge in [0.15, 0.2) is 0 Å². The van der Waals surface area contributed by atoms with Crippen LogP contribution in [0.25, 0.3) is 0 Å². The fourth-order valence-corrected chi connectivity index (χ4v) is 2.72. The second-order valence-electron chi connectivity index (χ2n) is 5.46. The number of nitrogens with zero attached hydrogens (tertiary/aromatic N) is 3. The van der Waals surface area contributed by atoms with Gasteiger partial charge in [-0.3, -0.25) is 19.8 Å². The van der Waals surface area contributed by atoms with Crippen molar-refractivity contribution < 1.29 is 4.92 Å². The summed E-state index contributed by atoms with van der Waals surface area (Å²) in [6.45, 7) is 3.81. The Hall–Kier alpha value is -2.54. The third-order valence-electron chi connectivity index (χ3n) is 3.82. The predicted octanol–water partition coefficient (Wildman–Crippen LogP) is 1.54. The van der Waals surface area contributed by atoms with Gasteiger partial charge in [0.1, 0.15) is 5.82 Å². The Morgan fingerprint density at radius 1 is 1.36 bits per heavy atom. The minimum atomic E-state index is -0.408. The molecule has 0 amide bonds. The van der Waals surface area contributed by atoms with E-state index in [4.69, 9.17) is 0 Å². The molecule has 7 nitrogen and oxygen atoms in total. The lowest BCUT2D eigenvalue weighted by Gasteiger charge is -2.27. The number of aromatic nitrogens is 2. The van der Waals surface area contributed by atoms with E-state index >= 15 is 0 Å². The molecule has 0 aliphatic carbocycles. The number of nitro benzene ring substituents is 1. The number of nitro groups is 1. The number of hydrogen-bond donors (Lipinski definition) is 1. The summed E-state index contributed by atoms with van der Waals surface area (Å²) in [6, 6.07) is 6.52. The van der Waals surface area contributed by atoms with Crippen LogP contribution < -0.4 is 5.56 Å². The van der Waals surface area contributed by atoms with Gasteiger partial charge in [-0.1, -0.05) is 12.1 Å². The van der Waals surface area contributed by atoms with E-state index in [9.17, 15) is 14.9 Å². The van der Waals surface area contributed by atoms with Gasteiger partial charge in [-0.05, 0) is 12.5 Å². The Kier molecular flexibility index (Phi) is 3.72. The van der Waals surface area contributed by atoms with Crippen LogP contribution in [0.2, 0.25) is 0 Å². The molecule has 3 rings (SSSR count). The van der Waals surface area contributed by atoms with Crippen molar-refractivity contribution in [1.29, 1.82) is 0 Å². The van der Waals surface area contributed by atoms with E-state index in [1.54, 1.807) is 19.1 Å². The van der Waals surface area contributed by atoms with Crippen molar-refractivity contribution >= 4 is 5.69 Å². The maximum Gasteiger partial charge on any atom is 0.269 e. The first kappa shape index (κ1) is 14.4. The number of non-ortho nitro benzene ring substituents is 1. The summed E-state index contributed by atoms with van der Waals surface area (Å²) < 4.78 is 0. The maximum atomic E-state index is 12.0. The summed E-state index contributed by atoms with van der Waals surface area (Å²) in [6.07, 6.45) is 0.743. The zero-order valence-electron chi connectivity index (χ0n) is 12.2. The van der Waals surface area contributed by atoms with E-state index in [1.165, 1.54) is 12.1 Å². The Balaban J connectivity index is 1.75. The van der Waals surface area contributed by atoms with Crippen molar-refractivity contribution in [2.45, 2.75) is 26.4 Å². The van der Waals surface area contributed by atoms with Gasteiger partial charge in [-0.2, -0.15) is 0 Å². The first-order valence-corrected chi connectivity index (χ1v) is 7.07. The fraction of sp³-hybridized carbons (Fsp3) is 0.333. The number of H-pyrrole nitrogens is 1. The van der Waals surface area contributed by atoms with Crippen LogP contribution in [0.5, 0.6) is 0 Å². The highest BCUT2D eigenvalue weighted by Gasteiger charge is 2.20. The van der Waals surface area contributed by atoms with Crippen LogP contribution in [0.3, 0.4) is 0 Å². The molecule has 0 saturated carbocycles. The molecule has 0 atom stereocenters. The molecule has 0 saturated heterocycles. The average molecular weight is 300 g/mol. The van der Waals surface area contributed by atoms with Crippen LogP contribution >= 0.6 is 0 Å². The molecule has 1 aromatic heterocycles. The molecule has 0 bridgehead atoms. The molecular formula is C15H16N4O3. The Morgan fingerprint density at radius 2 is 2.09 bits per heavy atom. The normalized spacial score (nSPS) is 14.6. The highest BCUT2D eigenvalue weighted by atomic mass is 16.6. The molecule has 0 unspecified atom stereocenters. The number of aromatic amines is 1. The third kappa shape index (κ3) is 2.89. The number of benzene rings is 1. The molecule has 7 heteroatoms. The van der Waals surface area contributed by atoms with Gasteiger partial charge in [0, 0.05) is 38.2 Å². The SMILES string of the molecule is Cc1nc2c(c(=O)[nH]1)CN(Cc1ccc([N+](=O)[O-])cc1)CC2. The largest absolute Gasteiger partial charge is 0.310 e. The van der Waals surface area contributed by atoms with E-state index in [0.29, 0.717) is 18.9 Å². The van der Waals surface area contributed by atoms with Gasteiger partial charge in [0.25, 0.3) is 11.2 Å². The standard InChI is InChI=1S/C15H16N4O3/c1-10-16-14-6-7-18(9-13(14)15(20)17-10)8-11-2-4-12(5-3-11)19(21)22/h2-5H,6-9H2,1H3,(H,16,17,20). The first-order valence-electron chi connectivity index (χ1n) is 7.07. The first-order chi connectivity index (χ1) is 10.5. The third-order valence-corrected chi connectivity index (χ3v) is 3.82. The molecule has 1 aromatic carbocycles. The molecule has 1 N–H and O–H groups in total. The van der Waals surface area contributed by atoms with Crippen LogP contribution in [-0.2, 0) is 19.5 Å². The lowest BCUT2D eigenvalue weighted by Crippen LogP contribution is -2.35. The van der Waals surface area contributed by atoms with Gasteiger partial charge >= 0.3 is 0 Å². The molecule has 1 aliphatic heterocycles. The lowest BCUT2D eigenvalue weighted by molar-refractivity contribution is -0.384. The topological polar surface area (TPSA) is 92.1 Å². The van der Waals surface area contributed by atoms with Crippen molar-refractivity contribution in [3.63, 3.8) is 0 Å². The van der Waals surface area contributed by atoms with E-state index in [-0.39, 0.29) is 11.2 Å². The van der Waals surface area contributed by atoms with E-state index in [0.717, 1.165) is 29.8 Å². The van der Waals surface area contributed by atoms with Gasteiger partial charge in [0.2, 0.25) is 0 Å². The molecule has 114 valence electrons. The van der Waals surface area contributed by atoms with Crippen molar-refractivity contribution in [2.75, 3.05) is 6.54 Å². The second-order valence-corrected chi connectivity index (χ2v) is 5.46. The highest BCUT2D eigenvalue weighted by molar-refractivity contribution is 5.33. The number of rotatable bonds is 3. The monoisotopic (exact) mass is 300 g/mol. The van der Waals surface area contributed by atoms with Crippen molar-refractivity contribution in [3.05, 3.63) is 67.4 Å². The van der Waals surface area contributed by atoms with Crippen LogP contribution in [0.4, 0.5) is 5.69 Å². The number of fused-ring (bicyclic) bond motifs is 1. The minimum absolute atomic E-state index is 0.0732. The van der Waals surface area contributed by atoms with Crippen LogP contribution in [0.1, 0.15) is 22.6 Å². The van der Waals surface area contributed by atoms with Gasteiger partial charge < -0.3 is 4.98 Å². The van der Waals surface area contributed by atoms with Gasteiger partial charge in [-0.15, -0.1) is 0 Å². The molecule has 1 aliphatic rings. The van der Waals surface area contributed by atoms with E-state index < -0.39 is 4.92 Å². The summed E-state index contributed by atoms with van der Waals surface area (Å²) in [5, 5.41) is 10.7. The van der Waals surface area contributed by atoms with E-state index in [1.807, 2.05) is 0 Å². The highest BCUT2D eigenvalue weighted by Crippen LogP contribution is 2.18. The molecule has 0 fully saturated rings. The summed E-state index contributed by atoms with van der Waals surface area (Å²) in [5.41, 5.74) is 2.60. The van der Waals surface area contributed by atoms with Crippen molar-refractivity contribution in [2.24, 2.45) is 0 Å². The smallest absolute Gasteiger partial charge is 0.269 e. The number of hydrogen-bond acceptors (Lipinski definition) is 5. The summed E-state index contributed by atoms with van der Waals surface area (Å²) in [4.78, 5) is 31.5. The Morgan fingerprint density at radius 3 is 2.77 bits per heavy atom.